The summed E-state index contributed by atoms with van der Waals surface area (Å²) in [5.74, 6) is 0.190. The zero-order valence-corrected chi connectivity index (χ0v) is 11.8. The molecular weight excluding hydrogens is 236 g/mol. The molecule has 1 aliphatic carbocycles. The molecule has 1 saturated carbocycles. The Balaban J connectivity index is 1.69. The predicted molar refractivity (Wildman–Crippen MR) is 77.8 cm³/mol. The summed E-state index contributed by atoms with van der Waals surface area (Å²) < 4.78 is 0. The van der Waals surface area contributed by atoms with E-state index in [0.29, 0.717) is 6.42 Å². The molecule has 3 nitrogen and oxygen atoms in total. The highest BCUT2D eigenvalue weighted by molar-refractivity contribution is 5.77. The predicted octanol–water partition coefficient (Wildman–Crippen LogP) is 2.35. The minimum Gasteiger partial charge on any atom is -0.346 e. The van der Waals surface area contributed by atoms with Crippen molar-refractivity contribution in [1.29, 1.82) is 0 Å². The summed E-state index contributed by atoms with van der Waals surface area (Å²) >= 11 is 0. The largest absolute Gasteiger partial charge is 0.346 e. The molecule has 1 aliphatic rings. The van der Waals surface area contributed by atoms with Gasteiger partial charge < -0.3 is 10.6 Å². The minimum atomic E-state index is -0.204. The lowest BCUT2D eigenvalue weighted by molar-refractivity contribution is -0.132. The molecule has 2 rings (SSSR count). The first-order valence-electron chi connectivity index (χ1n) is 7.16. The molecule has 19 heavy (non-hydrogen) atoms. The van der Waals surface area contributed by atoms with Crippen molar-refractivity contribution in [3.05, 3.63) is 35.9 Å². The molecule has 0 radical (unpaired) electrons. The first kappa shape index (κ1) is 14.1. The molecular formula is C16H24N2O. The molecule has 0 aromatic heterocycles. The topological polar surface area (TPSA) is 46.3 Å². The molecule has 3 heteroatoms. The summed E-state index contributed by atoms with van der Waals surface area (Å²) in [7, 11) is 1.88. The number of hydrogen-bond donors (Lipinski definition) is 1. The normalized spacial score (nSPS) is 16.7. The van der Waals surface area contributed by atoms with Crippen LogP contribution in [0.3, 0.4) is 0 Å². The first-order chi connectivity index (χ1) is 9.09. The van der Waals surface area contributed by atoms with Crippen LogP contribution in [0.25, 0.3) is 0 Å². The average Bonchev–Trinajstić information content (AvgIpc) is 2.38. The Kier molecular flexibility index (Phi) is 4.59. The van der Waals surface area contributed by atoms with Gasteiger partial charge in [-0.3, -0.25) is 4.79 Å². The van der Waals surface area contributed by atoms with Gasteiger partial charge in [-0.05, 0) is 37.7 Å². The molecule has 0 saturated heterocycles. The highest BCUT2D eigenvalue weighted by Crippen LogP contribution is 2.32. The van der Waals surface area contributed by atoms with Crippen LogP contribution in [0.5, 0.6) is 0 Å². The Bertz CT molecular complexity index is 412. The highest BCUT2D eigenvalue weighted by Gasteiger charge is 2.35. The Morgan fingerprint density at radius 1 is 1.32 bits per heavy atom. The molecule has 0 spiro atoms. The van der Waals surface area contributed by atoms with Crippen LogP contribution in [-0.4, -0.2) is 29.9 Å². The van der Waals surface area contributed by atoms with E-state index in [4.69, 9.17) is 5.73 Å². The summed E-state index contributed by atoms with van der Waals surface area (Å²) in [5, 5.41) is 0. The fourth-order valence-electron chi connectivity index (χ4n) is 2.53. The van der Waals surface area contributed by atoms with Crippen molar-refractivity contribution in [2.45, 2.75) is 44.1 Å². The van der Waals surface area contributed by atoms with Gasteiger partial charge in [0.15, 0.2) is 0 Å². The second-order valence-electron chi connectivity index (χ2n) is 5.80. The first-order valence-corrected chi connectivity index (χ1v) is 7.16. The van der Waals surface area contributed by atoms with E-state index in [2.05, 4.69) is 24.3 Å². The van der Waals surface area contributed by atoms with Crippen LogP contribution in [-0.2, 0) is 11.2 Å². The molecule has 2 N–H and O–H groups in total. The third-order valence-electron chi connectivity index (χ3n) is 4.08. The lowest BCUT2D eigenvalue weighted by Crippen LogP contribution is -2.50. The van der Waals surface area contributed by atoms with E-state index in [1.54, 1.807) is 0 Å². The summed E-state index contributed by atoms with van der Waals surface area (Å²) in [4.78, 5) is 13.9. The van der Waals surface area contributed by atoms with E-state index >= 15 is 0 Å². The fourth-order valence-corrected chi connectivity index (χ4v) is 2.53. The molecule has 104 valence electrons. The number of carbonyl (C=O) groups is 1. The maximum Gasteiger partial charge on any atom is 0.224 e. The minimum absolute atomic E-state index is 0.190. The fraction of sp³-hybridized carbons (Fsp3) is 0.562. The Morgan fingerprint density at radius 2 is 2.00 bits per heavy atom. The Morgan fingerprint density at radius 3 is 2.58 bits per heavy atom. The quantitative estimate of drug-likeness (QED) is 0.853. The van der Waals surface area contributed by atoms with Crippen LogP contribution >= 0.6 is 0 Å². The van der Waals surface area contributed by atoms with Crippen LogP contribution in [0.15, 0.2) is 30.3 Å². The van der Waals surface area contributed by atoms with Crippen molar-refractivity contribution in [2.24, 2.45) is 5.73 Å². The Labute approximate surface area is 115 Å². The van der Waals surface area contributed by atoms with E-state index in [1.165, 1.54) is 12.0 Å². The van der Waals surface area contributed by atoms with Crippen molar-refractivity contribution in [1.82, 2.24) is 4.90 Å². The molecule has 0 bridgehead atoms. The average molecular weight is 260 g/mol. The van der Waals surface area contributed by atoms with Crippen molar-refractivity contribution in [2.75, 3.05) is 13.6 Å². The number of rotatable bonds is 6. The standard InChI is InChI=1S/C16H24N2O/c1-18(15(19)13-16(17)10-6-11-16)12-5-9-14-7-3-2-4-8-14/h2-4,7-8H,5-6,9-13,17H2,1H3. The molecule has 1 fully saturated rings. The van der Waals surface area contributed by atoms with Gasteiger partial charge in [0.1, 0.15) is 0 Å². The lowest BCUT2D eigenvalue weighted by atomic mass is 9.75. The second-order valence-corrected chi connectivity index (χ2v) is 5.80. The van der Waals surface area contributed by atoms with Gasteiger partial charge in [0.25, 0.3) is 0 Å². The maximum absolute atomic E-state index is 12.0. The van der Waals surface area contributed by atoms with E-state index in [-0.39, 0.29) is 11.4 Å². The molecule has 0 atom stereocenters. The third kappa shape index (κ3) is 4.06. The van der Waals surface area contributed by atoms with Crippen LogP contribution < -0.4 is 5.73 Å². The number of nitrogens with two attached hydrogens (primary N) is 1. The van der Waals surface area contributed by atoms with E-state index in [0.717, 1.165) is 32.2 Å². The van der Waals surface area contributed by atoms with Crippen molar-refractivity contribution in [3.63, 3.8) is 0 Å². The lowest BCUT2D eigenvalue weighted by Gasteiger charge is -2.38. The number of aryl methyl sites for hydroxylation is 1. The van der Waals surface area contributed by atoms with Gasteiger partial charge in [0.2, 0.25) is 5.91 Å². The number of amides is 1. The van der Waals surface area contributed by atoms with Gasteiger partial charge in [0, 0.05) is 25.6 Å². The molecule has 0 heterocycles. The van der Waals surface area contributed by atoms with E-state index < -0.39 is 0 Å². The number of hydrogen-bond acceptors (Lipinski definition) is 2. The second kappa shape index (κ2) is 6.20. The number of nitrogens with zero attached hydrogens (tertiary/aromatic N) is 1. The van der Waals surface area contributed by atoms with Gasteiger partial charge in [-0.15, -0.1) is 0 Å². The third-order valence-corrected chi connectivity index (χ3v) is 4.08. The highest BCUT2D eigenvalue weighted by atomic mass is 16.2. The van der Waals surface area contributed by atoms with Crippen molar-refractivity contribution >= 4 is 5.91 Å². The van der Waals surface area contributed by atoms with Crippen molar-refractivity contribution < 1.29 is 4.79 Å². The van der Waals surface area contributed by atoms with Gasteiger partial charge >= 0.3 is 0 Å². The molecule has 1 aromatic carbocycles. The monoisotopic (exact) mass is 260 g/mol. The van der Waals surface area contributed by atoms with Gasteiger partial charge in [-0.25, -0.2) is 0 Å². The van der Waals surface area contributed by atoms with Gasteiger partial charge in [-0.2, -0.15) is 0 Å². The summed E-state index contributed by atoms with van der Waals surface area (Å²) in [5.41, 5.74) is 7.24. The van der Waals surface area contributed by atoms with Crippen LogP contribution in [0.2, 0.25) is 0 Å². The number of benzene rings is 1. The molecule has 0 aliphatic heterocycles. The zero-order chi connectivity index (χ0) is 13.7. The van der Waals surface area contributed by atoms with Crippen LogP contribution in [0.1, 0.15) is 37.7 Å². The van der Waals surface area contributed by atoms with Crippen LogP contribution in [0, 0.1) is 0 Å². The molecule has 0 unspecified atom stereocenters. The van der Waals surface area contributed by atoms with Gasteiger partial charge in [-0.1, -0.05) is 30.3 Å². The van der Waals surface area contributed by atoms with Gasteiger partial charge in [0.05, 0.1) is 0 Å². The van der Waals surface area contributed by atoms with Crippen LogP contribution in [0.4, 0.5) is 0 Å². The summed E-state index contributed by atoms with van der Waals surface area (Å²) in [6.45, 7) is 0.809. The smallest absolute Gasteiger partial charge is 0.224 e. The summed E-state index contributed by atoms with van der Waals surface area (Å²) in [6.07, 6.45) is 5.69. The zero-order valence-electron chi connectivity index (χ0n) is 11.8. The van der Waals surface area contributed by atoms with Crippen molar-refractivity contribution in [3.8, 4) is 0 Å². The molecule has 1 aromatic rings. The van der Waals surface area contributed by atoms with E-state index in [9.17, 15) is 4.79 Å². The Hall–Kier alpha value is -1.35. The SMILES string of the molecule is CN(CCCc1ccccc1)C(=O)CC1(N)CCC1. The maximum atomic E-state index is 12.0. The summed E-state index contributed by atoms with van der Waals surface area (Å²) in [6, 6.07) is 10.4. The number of carbonyl (C=O) groups excluding carboxylic acids is 1. The molecule has 1 amide bonds. The van der Waals surface area contributed by atoms with E-state index in [1.807, 2.05) is 18.0 Å².